The largest absolute Gasteiger partial charge is 0.490 e. The molecule has 1 saturated carbocycles. The Kier molecular flexibility index (Phi) is 7.80. The molecule has 3 aromatic rings. The number of ether oxygens (including phenoxy) is 1. The van der Waals surface area contributed by atoms with Crippen molar-refractivity contribution < 1.29 is 32.2 Å². The number of carboxylic acids is 1. The van der Waals surface area contributed by atoms with Gasteiger partial charge in [-0.3, -0.25) is 4.98 Å². The maximum absolute atomic E-state index is 15.4. The highest BCUT2D eigenvalue weighted by atomic mass is 19.4. The summed E-state index contributed by atoms with van der Waals surface area (Å²) in [4.78, 5) is 21.1. The number of nitrogens with two attached hydrogens (primary N) is 1. The third kappa shape index (κ3) is 6.41. The minimum Gasteiger partial charge on any atom is -0.485 e. The van der Waals surface area contributed by atoms with Crippen molar-refractivity contribution in [1.29, 1.82) is 5.26 Å². The SMILES string of the molecule is N#Cc1ccc(COc2c(C3CCC3)ccc(-c3cnc(N)cn3)c2F)cn1.O=C(O)C(F)(F)F. The molecule has 35 heavy (non-hydrogen) atoms. The van der Waals surface area contributed by atoms with Crippen LogP contribution in [0.3, 0.4) is 0 Å². The molecule has 0 atom stereocenters. The first-order valence-corrected chi connectivity index (χ1v) is 10.3. The van der Waals surface area contributed by atoms with Gasteiger partial charge in [-0.15, -0.1) is 0 Å². The average molecular weight is 489 g/mol. The molecule has 0 unspecified atom stereocenters. The first-order chi connectivity index (χ1) is 16.6. The molecule has 3 N–H and O–H groups in total. The third-order valence-corrected chi connectivity index (χ3v) is 5.19. The van der Waals surface area contributed by atoms with E-state index in [2.05, 4.69) is 15.0 Å². The first kappa shape index (κ1) is 25.4. The summed E-state index contributed by atoms with van der Waals surface area (Å²) < 4.78 is 53.0. The molecule has 182 valence electrons. The summed E-state index contributed by atoms with van der Waals surface area (Å²) in [7, 11) is 0. The fraction of sp³-hybridized carbons (Fsp3) is 0.261. The Bertz CT molecular complexity index is 1220. The van der Waals surface area contributed by atoms with E-state index in [-0.39, 0.29) is 18.2 Å². The smallest absolute Gasteiger partial charge is 0.485 e. The molecular weight excluding hydrogens is 470 g/mol. The van der Waals surface area contributed by atoms with Crippen LogP contribution in [0.15, 0.2) is 42.9 Å². The van der Waals surface area contributed by atoms with Gasteiger partial charge in [0.2, 0.25) is 0 Å². The molecular formula is C23H19F4N5O3. The molecule has 1 aliphatic rings. The van der Waals surface area contributed by atoms with Crippen LogP contribution in [0.4, 0.5) is 23.4 Å². The van der Waals surface area contributed by atoms with E-state index in [1.54, 1.807) is 24.4 Å². The molecule has 8 nitrogen and oxygen atoms in total. The van der Waals surface area contributed by atoms with Gasteiger partial charge in [0.1, 0.15) is 24.2 Å². The first-order valence-electron chi connectivity index (χ1n) is 10.3. The number of hydrogen-bond donors (Lipinski definition) is 2. The van der Waals surface area contributed by atoms with Crippen LogP contribution < -0.4 is 10.5 Å². The molecule has 2 heterocycles. The number of alkyl halides is 3. The highest BCUT2D eigenvalue weighted by Gasteiger charge is 2.38. The zero-order valence-corrected chi connectivity index (χ0v) is 18.1. The Morgan fingerprint density at radius 3 is 2.34 bits per heavy atom. The number of carbonyl (C=O) groups is 1. The lowest BCUT2D eigenvalue weighted by Crippen LogP contribution is -2.21. The number of benzene rings is 1. The molecule has 1 fully saturated rings. The molecule has 1 aliphatic carbocycles. The number of pyridine rings is 1. The van der Waals surface area contributed by atoms with E-state index in [9.17, 15) is 13.2 Å². The third-order valence-electron chi connectivity index (χ3n) is 5.19. The van der Waals surface area contributed by atoms with E-state index in [1.807, 2.05) is 12.1 Å². The highest BCUT2D eigenvalue weighted by molar-refractivity contribution is 5.73. The summed E-state index contributed by atoms with van der Waals surface area (Å²) >= 11 is 0. The number of rotatable bonds is 5. The summed E-state index contributed by atoms with van der Waals surface area (Å²) in [5, 5.41) is 16.0. The van der Waals surface area contributed by atoms with Crippen LogP contribution in [0.25, 0.3) is 11.3 Å². The quantitative estimate of drug-likeness (QED) is 0.496. The van der Waals surface area contributed by atoms with Gasteiger partial charge in [0.05, 0.1) is 18.1 Å². The van der Waals surface area contributed by atoms with Crippen LogP contribution in [0.5, 0.6) is 5.75 Å². The lowest BCUT2D eigenvalue weighted by Gasteiger charge is -2.28. The topological polar surface area (TPSA) is 135 Å². The van der Waals surface area contributed by atoms with Gasteiger partial charge in [-0.1, -0.05) is 18.6 Å². The van der Waals surface area contributed by atoms with E-state index in [1.165, 1.54) is 12.4 Å². The molecule has 0 saturated heterocycles. The maximum atomic E-state index is 15.4. The van der Waals surface area contributed by atoms with Gasteiger partial charge < -0.3 is 15.6 Å². The van der Waals surface area contributed by atoms with Crippen molar-refractivity contribution in [2.45, 2.75) is 38.0 Å². The van der Waals surface area contributed by atoms with Crippen LogP contribution in [0.1, 0.15) is 42.0 Å². The molecule has 0 spiro atoms. The minimum atomic E-state index is -5.08. The molecule has 4 rings (SSSR count). The van der Waals surface area contributed by atoms with Crippen LogP contribution in [-0.4, -0.2) is 32.2 Å². The maximum Gasteiger partial charge on any atom is 0.490 e. The highest BCUT2D eigenvalue weighted by Crippen LogP contribution is 2.44. The number of hydrogen-bond acceptors (Lipinski definition) is 7. The van der Waals surface area contributed by atoms with Crippen molar-refractivity contribution in [2.24, 2.45) is 0 Å². The Morgan fingerprint density at radius 2 is 1.86 bits per heavy atom. The average Bonchev–Trinajstić information content (AvgIpc) is 2.79. The second-order valence-electron chi connectivity index (χ2n) is 7.55. The van der Waals surface area contributed by atoms with Gasteiger partial charge in [-0.2, -0.15) is 18.4 Å². The Hall–Kier alpha value is -4.27. The van der Waals surface area contributed by atoms with Crippen molar-refractivity contribution in [1.82, 2.24) is 15.0 Å². The normalized spacial score (nSPS) is 13.1. The number of aliphatic carboxylic acids is 1. The van der Waals surface area contributed by atoms with Crippen LogP contribution in [-0.2, 0) is 11.4 Å². The fourth-order valence-corrected chi connectivity index (χ4v) is 3.16. The number of carboxylic acid groups (broad SMARTS) is 1. The number of nitrogen functional groups attached to an aromatic ring is 1. The van der Waals surface area contributed by atoms with Gasteiger partial charge in [-0.25, -0.2) is 19.2 Å². The van der Waals surface area contributed by atoms with E-state index >= 15 is 4.39 Å². The standard InChI is InChI=1S/C21H18FN5O.C2HF3O2/c22-20-17(18-10-27-19(24)11-26-18)7-6-16(14-2-1-3-14)21(20)28-12-13-4-5-15(8-23)25-9-13;3-2(4,5)1(6)7/h4-7,9-11,14H,1-3,12H2,(H2,24,27);(H,6,7). The predicted molar refractivity (Wildman–Crippen MR) is 115 cm³/mol. The van der Waals surface area contributed by atoms with Crippen LogP contribution >= 0.6 is 0 Å². The minimum absolute atomic E-state index is 0.159. The van der Waals surface area contributed by atoms with Crippen molar-refractivity contribution in [3.8, 4) is 23.1 Å². The molecule has 0 amide bonds. The Morgan fingerprint density at radius 1 is 1.14 bits per heavy atom. The molecule has 12 heteroatoms. The summed E-state index contributed by atoms with van der Waals surface area (Å²) in [5.41, 5.74) is 8.26. The molecule has 0 bridgehead atoms. The monoisotopic (exact) mass is 489 g/mol. The molecule has 0 radical (unpaired) electrons. The molecule has 1 aromatic carbocycles. The number of aromatic nitrogens is 3. The number of nitriles is 1. The van der Waals surface area contributed by atoms with Gasteiger partial charge in [-0.05, 0) is 30.9 Å². The van der Waals surface area contributed by atoms with Gasteiger partial charge in [0, 0.05) is 22.9 Å². The fourth-order valence-electron chi connectivity index (χ4n) is 3.16. The lowest BCUT2D eigenvalue weighted by molar-refractivity contribution is -0.192. The van der Waals surface area contributed by atoms with Crippen LogP contribution in [0, 0.1) is 17.1 Å². The van der Waals surface area contributed by atoms with Crippen molar-refractivity contribution in [3.05, 3.63) is 65.5 Å². The van der Waals surface area contributed by atoms with Crippen molar-refractivity contribution in [2.75, 3.05) is 5.73 Å². The van der Waals surface area contributed by atoms with E-state index in [0.717, 1.165) is 30.4 Å². The second-order valence-corrected chi connectivity index (χ2v) is 7.55. The van der Waals surface area contributed by atoms with E-state index in [4.69, 9.17) is 25.6 Å². The zero-order valence-electron chi connectivity index (χ0n) is 18.1. The van der Waals surface area contributed by atoms with Crippen LogP contribution in [0.2, 0.25) is 0 Å². The number of anilines is 1. The summed E-state index contributed by atoms with van der Waals surface area (Å²) in [5.74, 6) is -2.39. The molecule has 0 aliphatic heterocycles. The van der Waals surface area contributed by atoms with Crippen molar-refractivity contribution in [3.63, 3.8) is 0 Å². The van der Waals surface area contributed by atoms with Gasteiger partial charge >= 0.3 is 12.1 Å². The van der Waals surface area contributed by atoms with E-state index < -0.39 is 18.0 Å². The predicted octanol–water partition coefficient (Wildman–Crippen LogP) is 4.61. The van der Waals surface area contributed by atoms with Crippen molar-refractivity contribution >= 4 is 11.8 Å². The zero-order chi connectivity index (χ0) is 25.6. The summed E-state index contributed by atoms with van der Waals surface area (Å²) in [6.07, 6.45) is 2.51. The number of nitrogens with zero attached hydrogens (tertiary/aromatic N) is 4. The van der Waals surface area contributed by atoms with Gasteiger partial charge in [0.15, 0.2) is 11.6 Å². The Balaban J connectivity index is 0.000000429. The molecule has 2 aromatic heterocycles. The van der Waals surface area contributed by atoms with E-state index in [0.29, 0.717) is 22.9 Å². The van der Waals surface area contributed by atoms with Gasteiger partial charge in [0.25, 0.3) is 0 Å². The summed E-state index contributed by atoms with van der Waals surface area (Å²) in [6.45, 7) is 0.159. The lowest BCUT2D eigenvalue weighted by atomic mass is 9.79. The summed E-state index contributed by atoms with van der Waals surface area (Å²) in [6, 6.07) is 8.97. The second kappa shape index (κ2) is 10.8. The number of halogens is 4. The Labute approximate surface area is 197 Å².